The van der Waals surface area contributed by atoms with Crippen LogP contribution in [0.2, 0.25) is 0 Å². The molecule has 90 valence electrons. The molecular formula is C13H7Br2FN2. The van der Waals surface area contributed by atoms with Gasteiger partial charge in [-0.05, 0) is 52.3 Å². The molecule has 0 fully saturated rings. The second-order valence-electron chi connectivity index (χ2n) is 3.56. The van der Waals surface area contributed by atoms with Gasteiger partial charge in [0.15, 0.2) is 0 Å². The van der Waals surface area contributed by atoms with Crippen LogP contribution < -0.4 is 5.32 Å². The maximum Gasteiger partial charge on any atom is 0.139 e. The third-order valence-corrected chi connectivity index (χ3v) is 3.44. The third-order valence-electron chi connectivity index (χ3n) is 2.30. The highest BCUT2D eigenvalue weighted by atomic mass is 79.9. The molecule has 1 N–H and O–H groups in total. The smallest absolute Gasteiger partial charge is 0.139 e. The fraction of sp³-hybridized carbons (Fsp3) is 0. The first-order chi connectivity index (χ1) is 8.60. The van der Waals surface area contributed by atoms with Gasteiger partial charge in [0.1, 0.15) is 11.9 Å². The second kappa shape index (κ2) is 5.51. The van der Waals surface area contributed by atoms with Crippen molar-refractivity contribution in [3.8, 4) is 6.07 Å². The van der Waals surface area contributed by atoms with Crippen molar-refractivity contribution in [1.29, 1.82) is 5.26 Å². The Balaban J connectivity index is 2.36. The summed E-state index contributed by atoms with van der Waals surface area (Å²) in [4.78, 5) is 0. The van der Waals surface area contributed by atoms with Crippen molar-refractivity contribution in [2.45, 2.75) is 0 Å². The van der Waals surface area contributed by atoms with Crippen LogP contribution in [0.25, 0.3) is 0 Å². The summed E-state index contributed by atoms with van der Waals surface area (Å²) in [7, 11) is 0. The van der Waals surface area contributed by atoms with Crippen LogP contribution in [0.1, 0.15) is 5.56 Å². The Morgan fingerprint density at radius 1 is 1.11 bits per heavy atom. The second-order valence-corrected chi connectivity index (χ2v) is 5.33. The van der Waals surface area contributed by atoms with E-state index in [9.17, 15) is 4.39 Å². The molecule has 2 rings (SSSR count). The van der Waals surface area contributed by atoms with Gasteiger partial charge in [0.25, 0.3) is 0 Å². The summed E-state index contributed by atoms with van der Waals surface area (Å²) in [6, 6.07) is 12.1. The molecule has 0 aliphatic heterocycles. The Kier molecular flexibility index (Phi) is 4.00. The largest absolute Gasteiger partial charge is 0.354 e. The summed E-state index contributed by atoms with van der Waals surface area (Å²) in [6.45, 7) is 0. The number of rotatable bonds is 2. The Morgan fingerprint density at radius 2 is 1.89 bits per heavy atom. The molecule has 2 aromatic carbocycles. The summed E-state index contributed by atoms with van der Waals surface area (Å²) in [6.07, 6.45) is 0. The van der Waals surface area contributed by atoms with Crippen molar-refractivity contribution in [1.82, 2.24) is 0 Å². The summed E-state index contributed by atoms with van der Waals surface area (Å²) in [5, 5.41) is 12.0. The Hall–Kier alpha value is -1.38. The molecule has 18 heavy (non-hydrogen) atoms. The number of hydrogen-bond donors (Lipinski definition) is 1. The Morgan fingerprint density at radius 3 is 2.56 bits per heavy atom. The lowest BCUT2D eigenvalue weighted by Crippen LogP contribution is -1.94. The van der Waals surface area contributed by atoms with E-state index in [2.05, 4.69) is 43.2 Å². The van der Waals surface area contributed by atoms with E-state index in [4.69, 9.17) is 5.26 Å². The average molecular weight is 370 g/mol. The number of halogens is 3. The van der Waals surface area contributed by atoms with Crippen LogP contribution in [-0.4, -0.2) is 0 Å². The van der Waals surface area contributed by atoms with Gasteiger partial charge < -0.3 is 5.32 Å². The molecule has 0 aromatic heterocycles. The van der Waals surface area contributed by atoms with E-state index in [-0.39, 0.29) is 5.82 Å². The predicted octanol–water partition coefficient (Wildman–Crippen LogP) is 4.97. The van der Waals surface area contributed by atoms with E-state index in [1.165, 1.54) is 6.07 Å². The Labute approximate surface area is 121 Å². The fourth-order valence-corrected chi connectivity index (χ4v) is 2.05. The molecule has 0 unspecified atom stereocenters. The molecule has 0 radical (unpaired) electrons. The van der Waals surface area contributed by atoms with Gasteiger partial charge in [-0.1, -0.05) is 15.9 Å². The standard InChI is InChI=1S/C13H7Br2FN2/c14-9-2-1-8(7-17)13(5-9)18-10-3-4-11(15)12(16)6-10/h1-6,18H. The first-order valence-electron chi connectivity index (χ1n) is 5.02. The third kappa shape index (κ3) is 2.89. The van der Waals surface area contributed by atoms with Gasteiger partial charge in [-0.2, -0.15) is 5.26 Å². The van der Waals surface area contributed by atoms with Gasteiger partial charge in [0.2, 0.25) is 0 Å². The van der Waals surface area contributed by atoms with Crippen LogP contribution in [-0.2, 0) is 0 Å². The van der Waals surface area contributed by atoms with Crippen molar-refractivity contribution in [3.63, 3.8) is 0 Å². The van der Waals surface area contributed by atoms with Crippen molar-refractivity contribution in [3.05, 3.63) is 56.7 Å². The number of hydrogen-bond acceptors (Lipinski definition) is 2. The van der Waals surface area contributed by atoms with E-state index in [1.807, 2.05) is 0 Å². The average Bonchev–Trinajstić information content (AvgIpc) is 2.34. The number of nitrogens with zero attached hydrogens (tertiary/aromatic N) is 1. The van der Waals surface area contributed by atoms with Gasteiger partial charge in [0, 0.05) is 10.2 Å². The molecule has 2 nitrogen and oxygen atoms in total. The topological polar surface area (TPSA) is 35.8 Å². The van der Waals surface area contributed by atoms with Crippen molar-refractivity contribution in [2.75, 3.05) is 5.32 Å². The normalized spacial score (nSPS) is 9.89. The molecule has 5 heteroatoms. The lowest BCUT2D eigenvalue weighted by molar-refractivity contribution is 0.622. The van der Waals surface area contributed by atoms with Crippen LogP contribution in [0.4, 0.5) is 15.8 Å². The molecular weight excluding hydrogens is 363 g/mol. The minimum Gasteiger partial charge on any atom is -0.354 e. The number of nitrogens with one attached hydrogen (secondary N) is 1. The molecule has 0 saturated heterocycles. The van der Waals surface area contributed by atoms with Crippen LogP contribution in [0.3, 0.4) is 0 Å². The van der Waals surface area contributed by atoms with Gasteiger partial charge in [-0.25, -0.2) is 4.39 Å². The molecule has 0 aliphatic rings. The van der Waals surface area contributed by atoms with E-state index in [0.717, 1.165) is 4.47 Å². The highest BCUT2D eigenvalue weighted by Gasteiger charge is 2.05. The fourth-order valence-electron chi connectivity index (χ4n) is 1.45. The van der Waals surface area contributed by atoms with Gasteiger partial charge in [0.05, 0.1) is 15.7 Å². The molecule has 0 heterocycles. The van der Waals surface area contributed by atoms with E-state index in [1.54, 1.807) is 30.3 Å². The number of nitriles is 1. The number of benzene rings is 2. The van der Waals surface area contributed by atoms with Crippen LogP contribution in [0.15, 0.2) is 45.3 Å². The SMILES string of the molecule is N#Cc1ccc(Br)cc1Nc1ccc(Br)c(F)c1. The molecule has 0 saturated carbocycles. The summed E-state index contributed by atoms with van der Waals surface area (Å²) < 4.78 is 14.6. The maximum absolute atomic E-state index is 13.4. The van der Waals surface area contributed by atoms with Crippen molar-refractivity contribution >= 4 is 43.2 Å². The monoisotopic (exact) mass is 368 g/mol. The zero-order valence-corrected chi connectivity index (χ0v) is 12.2. The van der Waals surface area contributed by atoms with Gasteiger partial charge >= 0.3 is 0 Å². The molecule has 0 bridgehead atoms. The number of anilines is 2. The van der Waals surface area contributed by atoms with Crippen LogP contribution >= 0.6 is 31.9 Å². The van der Waals surface area contributed by atoms with Gasteiger partial charge in [-0.3, -0.25) is 0 Å². The minimum absolute atomic E-state index is 0.353. The summed E-state index contributed by atoms with van der Waals surface area (Å²) in [5.41, 5.74) is 1.72. The highest BCUT2D eigenvalue weighted by molar-refractivity contribution is 9.10. The van der Waals surface area contributed by atoms with Crippen molar-refractivity contribution in [2.24, 2.45) is 0 Å². The minimum atomic E-state index is -0.353. The lowest BCUT2D eigenvalue weighted by Gasteiger charge is -2.09. The van der Waals surface area contributed by atoms with E-state index < -0.39 is 0 Å². The van der Waals surface area contributed by atoms with Crippen LogP contribution in [0.5, 0.6) is 0 Å². The quantitative estimate of drug-likeness (QED) is 0.811. The van der Waals surface area contributed by atoms with Crippen LogP contribution in [0, 0.1) is 17.1 Å². The Bertz CT molecular complexity index is 635. The van der Waals surface area contributed by atoms with E-state index in [0.29, 0.717) is 21.4 Å². The summed E-state index contributed by atoms with van der Waals surface area (Å²) >= 11 is 6.43. The van der Waals surface area contributed by atoms with Crippen molar-refractivity contribution < 1.29 is 4.39 Å². The summed E-state index contributed by atoms with van der Waals surface area (Å²) in [5.74, 6) is -0.353. The maximum atomic E-state index is 13.4. The molecule has 0 atom stereocenters. The molecule has 2 aromatic rings. The molecule has 0 spiro atoms. The zero-order chi connectivity index (χ0) is 13.1. The first-order valence-corrected chi connectivity index (χ1v) is 6.60. The van der Waals surface area contributed by atoms with Gasteiger partial charge in [-0.15, -0.1) is 0 Å². The highest BCUT2D eigenvalue weighted by Crippen LogP contribution is 2.26. The first kappa shape index (κ1) is 13.1. The zero-order valence-electron chi connectivity index (χ0n) is 9.05. The lowest BCUT2D eigenvalue weighted by atomic mass is 10.2. The predicted molar refractivity (Wildman–Crippen MR) is 76.2 cm³/mol. The molecule has 0 aliphatic carbocycles. The van der Waals surface area contributed by atoms with E-state index >= 15 is 0 Å². The molecule has 0 amide bonds.